The number of phosphoric ester groups is 1. The monoisotopic (exact) mass is 363 g/mol. The van der Waals surface area contributed by atoms with Crippen LogP contribution in [0.2, 0.25) is 0 Å². The summed E-state index contributed by atoms with van der Waals surface area (Å²) in [6.07, 6.45) is -4.22. The second kappa shape index (κ2) is 5.89. The molecule has 1 aliphatic rings. The number of rotatable bonds is 4. The van der Waals surface area contributed by atoms with Crippen LogP contribution in [-0.4, -0.2) is 64.4 Å². The zero-order valence-electron chi connectivity index (χ0n) is 11.9. The Morgan fingerprint density at radius 1 is 1.42 bits per heavy atom. The molecule has 0 aromatic carbocycles. The molecule has 24 heavy (non-hydrogen) atoms. The predicted molar refractivity (Wildman–Crippen MR) is 76.5 cm³/mol. The van der Waals surface area contributed by atoms with E-state index in [0.29, 0.717) is 0 Å². The van der Waals surface area contributed by atoms with Crippen LogP contribution in [0, 0.1) is 0 Å². The SMILES string of the molecule is Nc1nc2c(ncn2[C@@H]2O[C@H](COP(=O)(O)O)[C@H](O)[C@H]2O)c(=O)[nH]1. The second-order valence-electron chi connectivity index (χ2n) is 5.11. The highest BCUT2D eigenvalue weighted by atomic mass is 31.2. The first kappa shape index (κ1) is 17.0. The van der Waals surface area contributed by atoms with Crippen LogP contribution in [0.15, 0.2) is 11.1 Å². The Bertz CT molecular complexity index is 861. The van der Waals surface area contributed by atoms with Crippen molar-refractivity contribution in [2.24, 2.45) is 0 Å². The molecule has 4 atom stereocenters. The van der Waals surface area contributed by atoms with Gasteiger partial charge in [0.25, 0.3) is 5.56 Å². The van der Waals surface area contributed by atoms with Crippen LogP contribution in [-0.2, 0) is 13.8 Å². The molecule has 0 spiro atoms. The molecule has 13 nitrogen and oxygen atoms in total. The smallest absolute Gasteiger partial charge is 0.387 e. The van der Waals surface area contributed by atoms with Gasteiger partial charge >= 0.3 is 7.82 Å². The first-order valence-electron chi connectivity index (χ1n) is 6.61. The molecule has 0 saturated carbocycles. The van der Waals surface area contributed by atoms with E-state index in [9.17, 15) is 19.6 Å². The highest BCUT2D eigenvalue weighted by Gasteiger charge is 2.45. The predicted octanol–water partition coefficient (Wildman–Crippen LogP) is -2.57. The van der Waals surface area contributed by atoms with Gasteiger partial charge in [-0.25, -0.2) is 9.55 Å². The van der Waals surface area contributed by atoms with Gasteiger partial charge in [-0.3, -0.25) is 18.9 Å². The van der Waals surface area contributed by atoms with Crippen molar-refractivity contribution < 1.29 is 33.8 Å². The molecular formula is C10H14N5O8P. The van der Waals surface area contributed by atoms with E-state index >= 15 is 0 Å². The Hall–Kier alpha value is -1.86. The minimum absolute atomic E-state index is 0.0176. The van der Waals surface area contributed by atoms with Gasteiger partial charge in [0.1, 0.15) is 18.3 Å². The Kier molecular flexibility index (Phi) is 4.17. The maximum Gasteiger partial charge on any atom is 0.469 e. The maximum atomic E-state index is 11.7. The summed E-state index contributed by atoms with van der Waals surface area (Å²) < 4.78 is 21.6. The molecule has 0 unspecified atom stereocenters. The Labute approximate surface area is 132 Å². The van der Waals surface area contributed by atoms with E-state index in [1.165, 1.54) is 10.9 Å². The highest BCUT2D eigenvalue weighted by molar-refractivity contribution is 7.46. The summed E-state index contributed by atoms with van der Waals surface area (Å²) in [4.78, 5) is 39.1. The van der Waals surface area contributed by atoms with Crippen LogP contribution in [0.5, 0.6) is 0 Å². The van der Waals surface area contributed by atoms with Crippen LogP contribution in [0.1, 0.15) is 6.23 Å². The van der Waals surface area contributed by atoms with Crippen LogP contribution in [0.25, 0.3) is 11.2 Å². The summed E-state index contributed by atoms with van der Waals surface area (Å²) >= 11 is 0. The number of aromatic nitrogens is 4. The minimum atomic E-state index is -4.76. The number of aliphatic hydroxyl groups excluding tert-OH is 2. The standard InChI is InChI=1S/C10H14N5O8P/c11-10-13-7-4(8(18)14-10)12-2-15(7)9-6(17)5(16)3(23-9)1-22-24(19,20)21/h2-3,5-6,9,16-17H,1H2,(H2,19,20,21)(H3,11,13,14,18)/t3-,5+,6-,9-/m1/s1. The van der Waals surface area contributed by atoms with Gasteiger partial charge in [-0.2, -0.15) is 4.98 Å². The molecule has 132 valence electrons. The molecule has 1 saturated heterocycles. The fourth-order valence-electron chi connectivity index (χ4n) is 2.40. The molecule has 0 amide bonds. The summed E-state index contributed by atoms with van der Waals surface area (Å²) in [7, 11) is -4.76. The van der Waals surface area contributed by atoms with E-state index < -0.39 is 44.5 Å². The molecule has 14 heteroatoms. The Morgan fingerprint density at radius 3 is 2.79 bits per heavy atom. The number of aliphatic hydroxyl groups is 2. The molecule has 1 fully saturated rings. The van der Waals surface area contributed by atoms with Gasteiger partial charge in [-0.15, -0.1) is 0 Å². The fourth-order valence-corrected chi connectivity index (χ4v) is 2.74. The lowest BCUT2D eigenvalue weighted by atomic mass is 10.1. The van der Waals surface area contributed by atoms with Crippen LogP contribution in [0.4, 0.5) is 5.95 Å². The van der Waals surface area contributed by atoms with Gasteiger partial charge in [0.2, 0.25) is 5.95 Å². The number of nitrogen functional groups attached to an aromatic ring is 1. The van der Waals surface area contributed by atoms with Crippen LogP contribution >= 0.6 is 7.82 Å². The second-order valence-corrected chi connectivity index (χ2v) is 6.35. The molecule has 0 aliphatic carbocycles. The number of anilines is 1. The number of fused-ring (bicyclic) bond motifs is 1. The summed E-state index contributed by atoms with van der Waals surface area (Å²) in [6.45, 7) is -0.651. The number of nitrogens with one attached hydrogen (secondary N) is 1. The average Bonchev–Trinajstić information content (AvgIpc) is 3.00. The van der Waals surface area contributed by atoms with E-state index in [1.54, 1.807) is 0 Å². The molecular weight excluding hydrogens is 349 g/mol. The van der Waals surface area contributed by atoms with Crippen molar-refractivity contribution in [1.29, 1.82) is 0 Å². The number of nitrogens with two attached hydrogens (primary N) is 1. The van der Waals surface area contributed by atoms with Gasteiger partial charge in [-0.1, -0.05) is 0 Å². The lowest BCUT2D eigenvalue weighted by Crippen LogP contribution is -2.33. The van der Waals surface area contributed by atoms with Gasteiger partial charge in [0, 0.05) is 0 Å². The molecule has 3 rings (SSSR count). The van der Waals surface area contributed by atoms with Crippen molar-refractivity contribution in [3.63, 3.8) is 0 Å². The third kappa shape index (κ3) is 3.06. The number of nitrogens with zero attached hydrogens (tertiary/aromatic N) is 3. The summed E-state index contributed by atoms with van der Waals surface area (Å²) in [5.74, 6) is -0.177. The number of imidazole rings is 1. The molecule has 0 bridgehead atoms. The molecule has 1 aliphatic heterocycles. The number of H-pyrrole nitrogens is 1. The average molecular weight is 363 g/mol. The van der Waals surface area contributed by atoms with Gasteiger partial charge in [-0.05, 0) is 0 Å². The normalized spacial score (nSPS) is 27.8. The van der Waals surface area contributed by atoms with Gasteiger partial charge < -0.3 is 30.5 Å². The molecule has 7 N–H and O–H groups in total. The van der Waals surface area contributed by atoms with E-state index in [-0.39, 0.29) is 17.1 Å². The third-order valence-corrected chi connectivity index (χ3v) is 3.95. The zero-order valence-corrected chi connectivity index (χ0v) is 12.8. The highest BCUT2D eigenvalue weighted by Crippen LogP contribution is 2.38. The fraction of sp³-hybridized carbons (Fsp3) is 0.500. The van der Waals surface area contributed by atoms with Crippen molar-refractivity contribution in [3.8, 4) is 0 Å². The van der Waals surface area contributed by atoms with Crippen LogP contribution in [0.3, 0.4) is 0 Å². The molecule has 2 aromatic heterocycles. The first-order valence-corrected chi connectivity index (χ1v) is 8.14. The summed E-state index contributed by atoms with van der Waals surface area (Å²) in [5, 5.41) is 20.1. The number of hydrogen-bond acceptors (Lipinski definition) is 9. The molecule has 2 aromatic rings. The number of hydrogen-bond donors (Lipinski definition) is 6. The van der Waals surface area contributed by atoms with Crippen molar-refractivity contribution >= 4 is 24.9 Å². The number of aromatic amines is 1. The van der Waals surface area contributed by atoms with E-state index in [4.69, 9.17) is 20.3 Å². The van der Waals surface area contributed by atoms with Crippen molar-refractivity contribution in [2.45, 2.75) is 24.5 Å². The van der Waals surface area contributed by atoms with E-state index in [0.717, 1.165) is 0 Å². The Morgan fingerprint density at radius 2 is 2.12 bits per heavy atom. The van der Waals surface area contributed by atoms with Gasteiger partial charge in [0.15, 0.2) is 17.4 Å². The first-order chi connectivity index (χ1) is 11.2. The maximum absolute atomic E-state index is 11.7. The topological polar surface area (TPSA) is 206 Å². The van der Waals surface area contributed by atoms with E-state index in [1.807, 2.05) is 0 Å². The quantitative estimate of drug-likeness (QED) is 0.311. The van der Waals surface area contributed by atoms with Crippen molar-refractivity contribution in [3.05, 3.63) is 16.7 Å². The summed E-state index contributed by atoms with van der Waals surface area (Å²) in [6, 6.07) is 0. The lowest BCUT2D eigenvalue weighted by Gasteiger charge is -2.16. The number of ether oxygens (including phenoxy) is 1. The lowest BCUT2D eigenvalue weighted by molar-refractivity contribution is -0.0503. The van der Waals surface area contributed by atoms with Crippen molar-refractivity contribution in [2.75, 3.05) is 12.3 Å². The molecule has 0 radical (unpaired) electrons. The zero-order chi connectivity index (χ0) is 17.6. The third-order valence-electron chi connectivity index (χ3n) is 3.47. The minimum Gasteiger partial charge on any atom is -0.387 e. The van der Waals surface area contributed by atoms with Gasteiger partial charge in [0.05, 0.1) is 12.9 Å². The Balaban J connectivity index is 1.90. The van der Waals surface area contributed by atoms with E-state index in [2.05, 4.69) is 19.5 Å². The summed E-state index contributed by atoms with van der Waals surface area (Å²) in [5.41, 5.74) is 4.84. The largest absolute Gasteiger partial charge is 0.469 e. The van der Waals surface area contributed by atoms with Crippen molar-refractivity contribution in [1.82, 2.24) is 19.5 Å². The van der Waals surface area contributed by atoms with Crippen LogP contribution < -0.4 is 11.3 Å². The molecule has 3 heterocycles. The number of phosphoric acid groups is 1.